The number of para-hydroxylation sites is 1. The fourth-order valence-electron chi connectivity index (χ4n) is 5.42. The molecule has 1 fully saturated rings. The molecule has 1 aliphatic rings. The molecular formula is C29H29FN4O2. The van der Waals surface area contributed by atoms with Gasteiger partial charge in [0.2, 0.25) is 0 Å². The lowest BCUT2D eigenvalue weighted by Gasteiger charge is -2.35. The van der Waals surface area contributed by atoms with Crippen LogP contribution in [0.3, 0.4) is 0 Å². The van der Waals surface area contributed by atoms with Gasteiger partial charge in [-0.1, -0.05) is 30.3 Å². The molecule has 5 aromatic rings. The zero-order valence-electron chi connectivity index (χ0n) is 20.0. The summed E-state index contributed by atoms with van der Waals surface area (Å²) in [6.45, 7) is 3.23. The van der Waals surface area contributed by atoms with Gasteiger partial charge in [-0.05, 0) is 54.8 Å². The Morgan fingerprint density at radius 2 is 1.72 bits per heavy atom. The lowest BCUT2D eigenvalue weighted by Crippen LogP contribution is -2.50. The molecule has 184 valence electrons. The number of carbonyl (C=O) groups excluding carboxylic acids is 1. The molecule has 1 atom stereocenters. The normalized spacial score (nSPS) is 15.8. The predicted octanol–water partition coefficient (Wildman–Crippen LogP) is 4.69. The van der Waals surface area contributed by atoms with E-state index in [9.17, 15) is 14.3 Å². The number of carbonyl (C=O) groups is 1. The Bertz CT molecular complexity index is 1550. The van der Waals surface area contributed by atoms with E-state index in [4.69, 9.17) is 0 Å². The number of halogens is 1. The van der Waals surface area contributed by atoms with E-state index in [1.54, 1.807) is 12.1 Å². The van der Waals surface area contributed by atoms with Gasteiger partial charge in [-0.25, -0.2) is 4.39 Å². The summed E-state index contributed by atoms with van der Waals surface area (Å²) in [4.78, 5) is 23.6. The fourth-order valence-corrected chi connectivity index (χ4v) is 5.42. The van der Waals surface area contributed by atoms with Gasteiger partial charge in [0.1, 0.15) is 11.5 Å². The third-order valence-corrected chi connectivity index (χ3v) is 7.31. The number of amides is 1. The molecule has 0 saturated carbocycles. The molecule has 3 aromatic carbocycles. The van der Waals surface area contributed by atoms with E-state index in [-0.39, 0.29) is 11.7 Å². The zero-order chi connectivity index (χ0) is 24.6. The Morgan fingerprint density at radius 3 is 2.58 bits per heavy atom. The first-order valence-corrected chi connectivity index (χ1v) is 12.5. The van der Waals surface area contributed by atoms with Gasteiger partial charge < -0.3 is 20.0 Å². The summed E-state index contributed by atoms with van der Waals surface area (Å²) in [5.41, 5.74) is 4.75. The number of benzene rings is 3. The number of aryl methyl sites for hydroxylation is 1. The number of nitrogens with zero attached hydrogens (tertiary/aromatic N) is 2. The van der Waals surface area contributed by atoms with E-state index in [0.29, 0.717) is 37.1 Å². The number of nitrogens with one attached hydrogen (secondary N) is 2. The van der Waals surface area contributed by atoms with E-state index >= 15 is 0 Å². The number of hydrogen-bond donors (Lipinski definition) is 3. The molecule has 0 spiro atoms. The van der Waals surface area contributed by atoms with E-state index in [1.807, 2.05) is 11.0 Å². The van der Waals surface area contributed by atoms with Crippen molar-refractivity contribution in [1.82, 2.24) is 19.8 Å². The highest BCUT2D eigenvalue weighted by atomic mass is 19.1. The average molecular weight is 485 g/mol. The van der Waals surface area contributed by atoms with Crippen LogP contribution in [0, 0.1) is 5.82 Å². The summed E-state index contributed by atoms with van der Waals surface area (Å²) in [7, 11) is 0. The van der Waals surface area contributed by atoms with Crippen molar-refractivity contribution in [3.63, 3.8) is 0 Å². The minimum absolute atomic E-state index is 0.0707. The molecule has 1 unspecified atom stereocenters. The van der Waals surface area contributed by atoms with E-state index in [2.05, 4.69) is 51.3 Å². The molecule has 0 bridgehead atoms. The molecule has 6 nitrogen and oxygen atoms in total. The number of H-pyrrole nitrogens is 2. The molecule has 6 rings (SSSR count). The third kappa shape index (κ3) is 4.36. The second-order valence-electron chi connectivity index (χ2n) is 9.71. The number of aromatic nitrogens is 2. The SMILES string of the molecule is O=C(c1cc2cc(F)ccc2[nH]1)N1CCN(CC(O)CCc2cccc3[nH]c4ccccc4c23)CC1. The quantitative estimate of drug-likeness (QED) is 0.327. The molecule has 0 radical (unpaired) electrons. The van der Waals surface area contributed by atoms with Crippen LogP contribution in [-0.2, 0) is 6.42 Å². The molecule has 2 aromatic heterocycles. The topological polar surface area (TPSA) is 75.4 Å². The van der Waals surface area contributed by atoms with Gasteiger partial charge in [-0.2, -0.15) is 0 Å². The molecule has 1 aliphatic heterocycles. The highest BCUT2D eigenvalue weighted by Gasteiger charge is 2.24. The number of piperazine rings is 1. The molecule has 1 saturated heterocycles. The highest BCUT2D eigenvalue weighted by Crippen LogP contribution is 2.29. The van der Waals surface area contributed by atoms with E-state index in [0.717, 1.165) is 36.1 Å². The highest BCUT2D eigenvalue weighted by molar-refractivity contribution is 6.08. The third-order valence-electron chi connectivity index (χ3n) is 7.31. The monoisotopic (exact) mass is 484 g/mol. The van der Waals surface area contributed by atoms with Crippen molar-refractivity contribution in [2.75, 3.05) is 32.7 Å². The smallest absolute Gasteiger partial charge is 0.270 e. The maximum absolute atomic E-state index is 13.5. The van der Waals surface area contributed by atoms with Crippen molar-refractivity contribution in [3.8, 4) is 0 Å². The summed E-state index contributed by atoms with van der Waals surface area (Å²) in [6.07, 6.45) is 1.06. The van der Waals surface area contributed by atoms with Crippen LogP contribution in [0.2, 0.25) is 0 Å². The Kier molecular flexibility index (Phi) is 5.95. The lowest BCUT2D eigenvalue weighted by molar-refractivity contribution is 0.0512. The van der Waals surface area contributed by atoms with Gasteiger partial charge in [-0.3, -0.25) is 9.69 Å². The van der Waals surface area contributed by atoms with Crippen LogP contribution in [0.4, 0.5) is 4.39 Å². The molecule has 0 aliphatic carbocycles. The standard InChI is InChI=1S/C29H29FN4O2/c30-21-9-11-24-20(16-21)17-27(31-24)29(36)34-14-12-33(13-15-34)18-22(35)10-8-19-4-3-7-26-28(19)23-5-1-2-6-25(23)32-26/h1-7,9,11,16-17,22,31-32,35H,8,10,12-15,18H2. The number of aliphatic hydroxyl groups is 1. The van der Waals surface area contributed by atoms with Crippen molar-refractivity contribution in [2.45, 2.75) is 18.9 Å². The van der Waals surface area contributed by atoms with Crippen molar-refractivity contribution < 1.29 is 14.3 Å². The number of hydrogen-bond acceptors (Lipinski definition) is 3. The molecule has 36 heavy (non-hydrogen) atoms. The van der Waals surface area contributed by atoms with Crippen LogP contribution in [-0.4, -0.2) is 69.6 Å². The van der Waals surface area contributed by atoms with Gasteiger partial charge in [0.05, 0.1) is 6.10 Å². The van der Waals surface area contributed by atoms with Crippen molar-refractivity contribution >= 4 is 38.6 Å². The van der Waals surface area contributed by atoms with Gasteiger partial charge in [0.25, 0.3) is 5.91 Å². The minimum atomic E-state index is -0.434. The van der Waals surface area contributed by atoms with E-state index in [1.165, 1.54) is 28.5 Å². The number of fused-ring (bicyclic) bond motifs is 4. The summed E-state index contributed by atoms with van der Waals surface area (Å²) < 4.78 is 13.5. The molecular weight excluding hydrogens is 455 g/mol. The molecule has 3 N–H and O–H groups in total. The van der Waals surface area contributed by atoms with Gasteiger partial charge in [0, 0.05) is 65.4 Å². The molecule has 3 heterocycles. The largest absolute Gasteiger partial charge is 0.392 e. The second-order valence-corrected chi connectivity index (χ2v) is 9.71. The van der Waals surface area contributed by atoms with Gasteiger partial charge in [0.15, 0.2) is 0 Å². The van der Waals surface area contributed by atoms with Crippen LogP contribution in [0.15, 0.2) is 66.7 Å². The van der Waals surface area contributed by atoms with E-state index < -0.39 is 6.10 Å². The fraction of sp³-hybridized carbons (Fsp3) is 0.276. The Balaban J connectivity index is 1.04. The first-order valence-electron chi connectivity index (χ1n) is 12.5. The van der Waals surface area contributed by atoms with Crippen LogP contribution >= 0.6 is 0 Å². The number of aromatic amines is 2. The Hall–Kier alpha value is -3.68. The summed E-state index contributed by atoms with van der Waals surface area (Å²) in [5.74, 6) is -0.385. The van der Waals surface area contributed by atoms with Gasteiger partial charge in [-0.15, -0.1) is 0 Å². The summed E-state index contributed by atoms with van der Waals surface area (Å²) in [6, 6.07) is 20.8. The zero-order valence-corrected chi connectivity index (χ0v) is 20.0. The lowest BCUT2D eigenvalue weighted by atomic mass is 10.0. The number of rotatable bonds is 6. The van der Waals surface area contributed by atoms with Crippen molar-refractivity contribution in [2.24, 2.45) is 0 Å². The number of aliphatic hydroxyl groups excluding tert-OH is 1. The van der Waals surface area contributed by atoms with Crippen LogP contribution in [0.1, 0.15) is 22.5 Å². The van der Waals surface area contributed by atoms with Crippen LogP contribution < -0.4 is 0 Å². The van der Waals surface area contributed by atoms with Crippen molar-refractivity contribution in [3.05, 3.63) is 83.8 Å². The molecule has 7 heteroatoms. The first-order chi connectivity index (χ1) is 17.5. The second kappa shape index (κ2) is 9.41. The first kappa shape index (κ1) is 22.8. The van der Waals surface area contributed by atoms with Crippen LogP contribution in [0.25, 0.3) is 32.7 Å². The maximum atomic E-state index is 13.5. The Morgan fingerprint density at radius 1 is 0.917 bits per heavy atom. The number of β-amino-alcohol motifs (C(OH)–C–C–N with tert-alkyl or cyclic N) is 1. The minimum Gasteiger partial charge on any atom is -0.392 e. The Labute approximate surface area is 208 Å². The molecule has 1 amide bonds. The predicted molar refractivity (Wildman–Crippen MR) is 141 cm³/mol. The van der Waals surface area contributed by atoms with Crippen LogP contribution in [0.5, 0.6) is 0 Å². The summed E-state index contributed by atoms with van der Waals surface area (Å²) >= 11 is 0. The average Bonchev–Trinajstić information content (AvgIpc) is 3.49. The summed E-state index contributed by atoms with van der Waals surface area (Å²) in [5, 5.41) is 14.0. The van der Waals surface area contributed by atoms with Gasteiger partial charge >= 0.3 is 0 Å². The maximum Gasteiger partial charge on any atom is 0.270 e. The van der Waals surface area contributed by atoms with Crippen molar-refractivity contribution in [1.29, 1.82) is 0 Å².